The van der Waals surface area contributed by atoms with E-state index < -0.39 is 5.54 Å². The van der Waals surface area contributed by atoms with Crippen molar-refractivity contribution in [3.63, 3.8) is 0 Å². The number of hydrogen-bond donors (Lipinski definition) is 1. The zero-order valence-corrected chi connectivity index (χ0v) is 12.4. The second-order valence-corrected chi connectivity index (χ2v) is 6.52. The average Bonchev–Trinajstić information content (AvgIpc) is 2.93. The molecule has 1 atom stereocenters. The molecule has 0 amide bonds. The minimum Gasteiger partial charge on any atom is -0.370 e. The van der Waals surface area contributed by atoms with Crippen molar-refractivity contribution in [2.24, 2.45) is 11.1 Å². The Kier molecular flexibility index (Phi) is 3.97. The van der Waals surface area contributed by atoms with Crippen LogP contribution in [-0.4, -0.2) is 16.7 Å². The molecule has 19 heavy (non-hydrogen) atoms. The molecule has 0 radical (unpaired) electrons. The van der Waals surface area contributed by atoms with Gasteiger partial charge in [-0.25, -0.2) is 0 Å². The molecule has 2 rings (SSSR count). The van der Waals surface area contributed by atoms with Gasteiger partial charge in [-0.2, -0.15) is 4.98 Å². The van der Waals surface area contributed by atoms with Crippen molar-refractivity contribution in [1.29, 1.82) is 0 Å². The van der Waals surface area contributed by atoms with E-state index in [0.717, 1.165) is 25.7 Å². The summed E-state index contributed by atoms with van der Waals surface area (Å²) in [5.41, 5.74) is 5.83. The van der Waals surface area contributed by atoms with Crippen LogP contribution in [0.15, 0.2) is 4.52 Å². The van der Waals surface area contributed by atoms with Crippen LogP contribution in [0.2, 0.25) is 0 Å². The van der Waals surface area contributed by atoms with Gasteiger partial charge in [0.2, 0.25) is 11.7 Å². The summed E-state index contributed by atoms with van der Waals surface area (Å²) in [4.78, 5) is 4.52. The van der Waals surface area contributed by atoms with Crippen LogP contribution in [0.3, 0.4) is 0 Å². The Bertz CT molecular complexity index is 417. The lowest BCUT2D eigenvalue weighted by molar-refractivity contribution is -0.0203. The van der Waals surface area contributed by atoms with Gasteiger partial charge in [0.15, 0.2) is 0 Å². The fraction of sp³-hybridized carbons (Fsp3) is 0.857. The van der Waals surface area contributed by atoms with E-state index in [0.29, 0.717) is 18.3 Å². The van der Waals surface area contributed by atoms with E-state index in [4.69, 9.17) is 15.0 Å². The zero-order valence-electron chi connectivity index (χ0n) is 12.4. The monoisotopic (exact) mass is 267 g/mol. The molecule has 0 saturated heterocycles. The van der Waals surface area contributed by atoms with Gasteiger partial charge in [0, 0.05) is 6.61 Å². The molecule has 1 aromatic heterocycles. The SMILES string of the molecule is CCOC(c1noc(C2(N)CCCC2)n1)C(C)(C)C. The quantitative estimate of drug-likeness (QED) is 0.907. The maximum absolute atomic E-state index is 6.34. The van der Waals surface area contributed by atoms with E-state index in [1.165, 1.54) is 0 Å². The molecule has 1 aromatic rings. The summed E-state index contributed by atoms with van der Waals surface area (Å²) in [6.07, 6.45) is 3.93. The van der Waals surface area contributed by atoms with Crippen molar-refractivity contribution in [3.05, 3.63) is 11.7 Å². The molecule has 1 aliphatic carbocycles. The summed E-state index contributed by atoms with van der Waals surface area (Å²) in [6.45, 7) is 8.92. The second-order valence-electron chi connectivity index (χ2n) is 6.52. The third-order valence-electron chi connectivity index (χ3n) is 3.72. The summed E-state index contributed by atoms with van der Waals surface area (Å²) in [7, 11) is 0. The number of hydrogen-bond acceptors (Lipinski definition) is 5. The first-order valence-electron chi connectivity index (χ1n) is 7.11. The number of nitrogens with two attached hydrogens (primary N) is 1. The van der Waals surface area contributed by atoms with Crippen LogP contribution in [0.5, 0.6) is 0 Å². The van der Waals surface area contributed by atoms with Gasteiger partial charge >= 0.3 is 0 Å². The van der Waals surface area contributed by atoms with E-state index in [2.05, 4.69) is 30.9 Å². The summed E-state index contributed by atoms with van der Waals surface area (Å²) in [5, 5.41) is 4.10. The fourth-order valence-corrected chi connectivity index (χ4v) is 2.64. The lowest BCUT2D eigenvalue weighted by atomic mass is 9.88. The van der Waals surface area contributed by atoms with E-state index in [1.807, 2.05) is 6.92 Å². The Morgan fingerprint density at radius 1 is 1.37 bits per heavy atom. The largest absolute Gasteiger partial charge is 0.370 e. The first-order valence-corrected chi connectivity index (χ1v) is 7.11. The summed E-state index contributed by atoms with van der Waals surface area (Å²) in [5.74, 6) is 1.18. The molecule has 0 bridgehead atoms. The highest BCUT2D eigenvalue weighted by molar-refractivity contribution is 5.07. The van der Waals surface area contributed by atoms with Gasteiger partial charge < -0.3 is 15.0 Å². The van der Waals surface area contributed by atoms with Crippen LogP contribution in [0.1, 0.15) is 71.2 Å². The third-order valence-corrected chi connectivity index (χ3v) is 3.72. The van der Waals surface area contributed by atoms with Gasteiger partial charge in [0.1, 0.15) is 6.10 Å². The Hall–Kier alpha value is -0.940. The molecule has 1 unspecified atom stereocenters. The van der Waals surface area contributed by atoms with Crippen molar-refractivity contribution in [2.75, 3.05) is 6.61 Å². The molecule has 1 aliphatic rings. The molecule has 2 N–H and O–H groups in total. The minimum absolute atomic E-state index is 0.0748. The van der Waals surface area contributed by atoms with Crippen molar-refractivity contribution in [2.45, 2.75) is 65.0 Å². The van der Waals surface area contributed by atoms with Crippen LogP contribution in [-0.2, 0) is 10.3 Å². The van der Waals surface area contributed by atoms with E-state index in [1.54, 1.807) is 0 Å². The highest BCUT2D eigenvalue weighted by atomic mass is 16.5. The van der Waals surface area contributed by atoms with Crippen molar-refractivity contribution < 1.29 is 9.26 Å². The normalized spacial score (nSPS) is 20.7. The second kappa shape index (κ2) is 5.21. The lowest BCUT2D eigenvalue weighted by Gasteiger charge is -2.27. The molecule has 108 valence electrons. The molecule has 1 fully saturated rings. The molecule has 0 aromatic carbocycles. The van der Waals surface area contributed by atoms with Crippen LogP contribution in [0.4, 0.5) is 0 Å². The van der Waals surface area contributed by atoms with Crippen molar-refractivity contribution in [1.82, 2.24) is 10.1 Å². The van der Waals surface area contributed by atoms with Crippen molar-refractivity contribution in [3.8, 4) is 0 Å². The number of rotatable bonds is 4. The van der Waals surface area contributed by atoms with E-state index in [9.17, 15) is 0 Å². The first kappa shape index (κ1) is 14.5. The highest BCUT2D eigenvalue weighted by Crippen LogP contribution is 2.38. The first-order chi connectivity index (χ1) is 8.87. The molecular formula is C14H25N3O2. The highest BCUT2D eigenvalue weighted by Gasteiger charge is 2.39. The van der Waals surface area contributed by atoms with Gasteiger partial charge in [0.25, 0.3) is 0 Å². The van der Waals surface area contributed by atoms with Gasteiger partial charge in [-0.3, -0.25) is 0 Å². The van der Waals surface area contributed by atoms with E-state index in [-0.39, 0.29) is 11.5 Å². The predicted octanol–water partition coefficient (Wildman–Crippen LogP) is 2.92. The maximum Gasteiger partial charge on any atom is 0.246 e. The van der Waals surface area contributed by atoms with E-state index >= 15 is 0 Å². The molecule has 0 aliphatic heterocycles. The van der Waals surface area contributed by atoms with Crippen LogP contribution in [0.25, 0.3) is 0 Å². The number of aromatic nitrogens is 2. The minimum atomic E-state index is -0.431. The average molecular weight is 267 g/mol. The van der Waals surface area contributed by atoms with Gasteiger partial charge in [-0.1, -0.05) is 38.8 Å². The van der Waals surface area contributed by atoms with Crippen LogP contribution < -0.4 is 5.73 Å². The van der Waals surface area contributed by atoms with Gasteiger partial charge in [-0.15, -0.1) is 0 Å². The predicted molar refractivity (Wildman–Crippen MR) is 72.5 cm³/mol. The maximum atomic E-state index is 6.34. The molecule has 5 heteroatoms. The molecule has 5 nitrogen and oxygen atoms in total. The molecule has 1 heterocycles. The molecular weight excluding hydrogens is 242 g/mol. The Balaban J connectivity index is 2.23. The number of nitrogens with zero attached hydrogens (tertiary/aromatic N) is 2. The van der Waals surface area contributed by atoms with Gasteiger partial charge in [0.05, 0.1) is 5.54 Å². The van der Waals surface area contributed by atoms with Crippen molar-refractivity contribution >= 4 is 0 Å². The van der Waals surface area contributed by atoms with Crippen LogP contribution in [0, 0.1) is 5.41 Å². The fourth-order valence-electron chi connectivity index (χ4n) is 2.64. The summed E-state index contributed by atoms with van der Waals surface area (Å²) >= 11 is 0. The van der Waals surface area contributed by atoms with Gasteiger partial charge in [-0.05, 0) is 25.2 Å². The standard InChI is InChI=1S/C14H25N3O2/c1-5-18-10(13(2,3)4)11-16-12(19-17-11)14(15)8-6-7-9-14/h10H,5-9,15H2,1-4H3. The lowest BCUT2D eigenvalue weighted by Crippen LogP contribution is -2.33. The third kappa shape index (κ3) is 2.98. The molecule has 0 spiro atoms. The topological polar surface area (TPSA) is 74.2 Å². The zero-order chi connectivity index (χ0) is 14.1. The summed E-state index contributed by atoms with van der Waals surface area (Å²) < 4.78 is 11.2. The smallest absolute Gasteiger partial charge is 0.246 e. The molecule has 1 saturated carbocycles. The van der Waals surface area contributed by atoms with Crippen LogP contribution >= 0.6 is 0 Å². The Labute approximate surface area is 114 Å². The Morgan fingerprint density at radius 2 is 2.00 bits per heavy atom. The summed E-state index contributed by atoms with van der Waals surface area (Å²) in [6, 6.07) is 0. The Morgan fingerprint density at radius 3 is 2.53 bits per heavy atom. The number of ether oxygens (including phenoxy) is 1.